The molecule has 0 aliphatic heterocycles. The fourth-order valence-corrected chi connectivity index (χ4v) is 1.52. The van der Waals surface area contributed by atoms with Crippen LogP contribution in [0.15, 0.2) is 48.5 Å². The highest BCUT2D eigenvalue weighted by atomic mass is 19.4. The molecule has 0 spiro atoms. The van der Waals surface area contributed by atoms with E-state index in [2.05, 4.69) is 4.74 Å². The number of carbonyl (C=O) groups excluding carboxylic acids is 1. The first kappa shape index (κ1) is 13.9. The number of hydrogen-bond acceptors (Lipinski definition) is 3. The molecule has 2 aromatic rings. The van der Waals surface area contributed by atoms with Crippen LogP contribution in [0.1, 0.15) is 10.4 Å². The van der Waals surface area contributed by atoms with Crippen LogP contribution in [0, 0.1) is 0 Å². The number of rotatable bonds is 4. The maximum absolute atomic E-state index is 12.3. The molecule has 6 heteroatoms. The monoisotopic (exact) mass is 282 g/mol. The standard InChI is InChI=1S/C14H9F3O3/c15-14(16,17)20-13-7-2-1-6-12(13)19-11-5-3-4-10(8-11)9-18/h1-9H. The van der Waals surface area contributed by atoms with Crippen molar-refractivity contribution in [3.63, 3.8) is 0 Å². The van der Waals surface area contributed by atoms with Gasteiger partial charge >= 0.3 is 6.36 Å². The third kappa shape index (κ3) is 3.74. The molecule has 2 aromatic carbocycles. The molecule has 3 nitrogen and oxygen atoms in total. The largest absolute Gasteiger partial charge is 0.573 e. The third-order valence-corrected chi connectivity index (χ3v) is 2.30. The van der Waals surface area contributed by atoms with Gasteiger partial charge in [-0.25, -0.2) is 0 Å². The quantitative estimate of drug-likeness (QED) is 0.789. The van der Waals surface area contributed by atoms with E-state index in [9.17, 15) is 18.0 Å². The van der Waals surface area contributed by atoms with E-state index < -0.39 is 12.1 Å². The summed E-state index contributed by atoms with van der Waals surface area (Å²) in [5.41, 5.74) is 0.358. The van der Waals surface area contributed by atoms with Gasteiger partial charge in [-0.05, 0) is 24.3 Å². The summed E-state index contributed by atoms with van der Waals surface area (Å²) in [5.74, 6) is -0.294. The molecular formula is C14H9F3O3. The summed E-state index contributed by atoms with van der Waals surface area (Å²) >= 11 is 0. The van der Waals surface area contributed by atoms with E-state index in [4.69, 9.17) is 4.74 Å². The molecule has 0 N–H and O–H groups in total. The minimum atomic E-state index is -4.80. The second-order valence-electron chi connectivity index (χ2n) is 3.79. The molecule has 104 valence electrons. The van der Waals surface area contributed by atoms with Crippen molar-refractivity contribution in [2.24, 2.45) is 0 Å². The van der Waals surface area contributed by atoms with Gasteiger partial charge in [0, 0.05) is 5.56 Å². The summed E-state index contributed by atoms with van der Waals surface area (Å²) in [6, 6.07) is 11.5. The number of aldehydes is 1. The molecular weight excluding hydrogens is 273 g/mol. The fourth-order valence-electron chi connectivity index (χ4n) is 1.52. The Balaban J connectivity index is 2.26. The smallest absolute Gasteiger partial charge is 0.453 e. The number of para-hydroxylation sites is 2. The van der Waals surface area contributed by atoms with Crippen molar-refractivity contribution in [3.8, 4) is 17.2 Å². The minimum absolute atomic E-state index is 0.0899. The Morgan fingerprint density at radius 2 is 1.65 bits per heavy atom. The zero-order valence-corrected chi connectivity index (χ0v) is 10.1. The minimum Gasteiger partial charge on any atom is -0.453 e. The van der Waals surface area contributed by atoms with E-state index in [0.717, 1.165) is 6.07 Å². The van der Waals surface area contributed by atoms with E-state index in [-0.39, 0.29) is 11.5 Å². The molecule has 0 radical (unpaired) electrons. The third-order valence-electron chi connectivity index (χ3n) is 2.30. The molecule has 0 bridgehead atoms. The van der Waals surface area contributed by atoms with Gasteiger partial charge in [-0.1, -0.05) is 24.3 Å². The molecule has 0 saturated carbocycles. The van der Waals surface area contributed by atoms with Gasteiger partial charge in [0.05, 0.1) is 0 Å². The van der Waals surface area contributed by atoms with Gasteiger partial charge < -0.3 is 9.47 Å². The van der Waals surface area contributed by atoms with E-state index in [0.29, 0.717) is 11.8 Å². The second-order valence-corrected chi connectivity index (χ2v) is 3.79. The van der Waals surface area contributed by atoms with Gasteiger partial charge in [0.1, 0.15) is 12.0 Å². The van der Waals surface area contributed by atoms with Crippen LogP contribution in [0.2, 0.25) is 0 Å². The van der Waals surface area contributed by atoms with Crippen LogP contribution in [0.5, 0.6) is 17.2 Å². The van der Waals surface area contributed by atoms with Crippen molar-refractivity contribution >= 4 is 6.29 Å². The summed E-state index contributed by atoms with van der Waals surface area (Å²) < 4.78 is 45.9. The number of alkyl halides is 3. The van der Waals surface area contributed by atoms with Crippen LogP contribution < -0.4 is 9.47 Å². The Hall–Kier alpha value is -2.50. The Kier molecular flexibility index (Phi) is 3.93. The van der Waals surface area contributed by atoms with Gasteiger partial charge in [0.2, 0.25) is 0 Å². The van der Waals surface area contributed by atoms with Crippen molar-refractivity contribution in [2.45, 2.75) is 6.36 Å². The van der Waals surface area contributed by atoms with Crippen LogP contribution in [-0.2, 0) is 0 Å². The van der Waals surface area contributed by atoms with Crippen LogP contribution in [0.4, 0.5) is 13.2 Å². The Bertz CT molecular complexity index is 609. The molecule has 0 unspecified atom stereocenters. The Morgan fingerprint density at radius 3 is 2.30 bits per heavy atom. The fraction of sp³-hybridized carbons (Fsp3) is 0.0714. The van der Waals surface area contributed by atoms with Crippen LogP contribution >= 0.6 is 0 Å². The summed E-state index contributed by atoms with van der Waals surface area (Å²) in [6.07, 6.45) is -4.19. The molecule has 20 heavy (non-hydrogen) atoms. The van der Waals surface area contributed by atoms with Crippen molar-refractivity contribution in [2.75, 3.05) is 0 Å². The number of hydrogen-bond donors (Lipinski definition) is 0. The SMILES string of the molecule is O=Cc1cccc(Oc2ccccc2OC(F)(F)F)c1. The van der Waals surface area contributed by atoms with Gasteiger partial charge in [0.25, 0.3) is 0 Å². The van der Waals surface area contributed by atoms with Gasteiger partial charge in [-0.2, -0.15) is 0 Å². The maximum atomic E-state index is 12.3. The Morgan fingerprint density at radius 1 is 0.950 bits per heavy atom. The lowest BCUT2D eigenvalue weighted by Gasteiger charge is -2.13. The van der Waals surface area contributed by atoms with Gasteiger partial charge in [0.15, 0.2) is 11.5 Å². The molecule has 2 rings (SSSR count). The number of benzene rings is 2. The van der Waals surface area contributed by atoms with E-state index in [1.165, 1.54) is 30.3 Å². The molecule has 0 atom stereocenters. The molecule has 0 saturated heterocycles. The molecule has 0 amide bonds. The molecule has 0 aliphatic rings. The van der Waals surface area contributed by atoms with Crippen LogP contribution in [-0.4, -0.2) is 12.6 Å². The van der Waals surface area contributed by atoms with Gasteiger partial charge in [-0.15, -0.1) is 13.2 Å². The van der Waals surface area contributed by atoms with E-state index >= 15 is 0 Å². The first-order chi connectivity index (χ1) is 9.48. The number of halogens is 3. The lowest BCUT2D eigenvalue weighted by molar-refractivity contribution is -0.275. The maximum Gasteiger partial charge on any atom is 0.573 e. The lowest BCUT2D eigenvalue weighted by Crippen LogP contribution is -2.17. The van der Waals surface area contributed by atoms with Crippen LogP contribution in [0.3, 0.4) is 0 Å². The summed E-state index contributed by atoms with van der Waals surface area (Å²) in [7, 11) is 0. The normalized spacial score (nSPS) is 10.9. The van der Waals surface area contributed by atoms with Crippen molar-refractivity contribution in [3.05, 3.63) is 54.1 Å². The molecule has 0 aliphatic carbocycles. The van der Waals surface area contributed by atoms with Crippen molar-refractivity contribution in [1.29, 1.82) is 0 Å². The molecule has 0 fully saturated rings. The summed E-state index contributed by atoms with van der Waals surface area (Å²) in [5, 5.41) is 0. The number of carbonyl (C=O) groups is 1. The predicted molar refractivity (Wildman–Crippen MR) is 65.0 cm³/mol. The lowest BCUT2D eigenvalue weighted by atomic mass is 10.2. The van der Waals surface area contributed by atoms with Crippen molar-refractivity contribution < 1.29 is 27.4 Å². The Labute approximate surface area is 112 Å². The molecule has 0 aromatic heterocycles. The van der Waals surface area contributed by atoms with Crippen molar-refractivity contribution in [1.82, 2.24) is 0 Å². The van der Waals surface area contributed by atoms with E-state index in [1.54, 1.807) is 12.1 Å². The average molecular weight is 282 g/mol. The summed E-state index contributed by atoms with van der Waals surface area (Å²) in [6.45, 7) is 0. The summed E-state index contributed by atoms with van der Waals surface area (Å²) in [4.78, 5) is 10.6. The topological polar surface area (TPSA) is 35.5 Å². The highest BCUT2D eigenvalue weighted by Gasteiger charge is 2.32. The highest BCUT2D eigenvalue weighted by Crippen LogP contribution is 2.34. The second kappa shape index (κ2) is 5.64. The zero-order valence-electron chi connectivity index (χ0n) is 10.1. The predicted octanol–water partition coefficient (Wildman–Crippen LogP) is 4.19. The first-order valence-corrected chi connectivity index (χ1v) is 5.56. The molecule has 0 heterocycles. The van der Waals surface area contributed by atoms with E-state index in [1.807, 2.05) is 0 Å². The average Bonchev–Trinajstić information content (AvgIpc) is 2.40. The van der Waals surface area contributed by atoms with Gasteiger partial charge in [-0.3, -0.25) is 4.79 Å². The zero-order chi connectivity index (χ0) is 14.6. The number of ether oxygens (including phenoxy) is 2. The van der Waals surface area contributed by atoms with Crippen LogP contribution in [0.25, 0.3) is 0 Å². The highest BCUT2D eigenvalue weighted by molar-refractivity contribution is 5.75. The first-order valence-electron chi connectivity index (χ1n) is 5.56.